The van der Waals surface area contributed by atoms with Crippen LogP contribution in [0.1, 0.15) is 30.3 Å². The van der Waals surface area contributed by atoms with Crippen LogP contribution in [0.3, 0.4) is 0 Å². The van der Waals surface area contributed by atoms with E-state index in [-0.39, 0.29) is 10.8 Å². The fourth-order valence-electron chi connectivity index (χ4n) is 2.63. The molecule has 4 nitrogen and oxygen atoms in total. The first-order valence-corrected chi connectivity index (χ1v) is 10.8. The molecule has 0 atom stereocenters. The van der Waals surface area contributed by atoms with Crippen LogP contribution in [-0.4, -0.2) is 13.4 Å². The quantitative estimate of drug-likeness (QED) is 0.591. The molecular formula is C19H19ClN2O2S2. The van der Waals surface area contributed by atoms with E-state index in [0.29, 0.717) is 10.7 Å². The van der Waals surface area contributed by atoms with Crippen LogP contribution < -0.4 is 4.72 Å². The molecule has 0 aliphatic carbocycles. The van der Waals surface area contributed by atoms with Gasteiger partial charge in [-0.2, -0.15) is 0 Å². The maximum atomic E-state index is 13.0. The van der Waals surface area contributed by atoms with Gasteiger partial charge >= 0.3 is 0 Å². The van der Waals surface area contributed by atoms with Gasteiger partial charge in [0.15, 0.2) is 0 Å². The first-order valence-electron chi connectivity index (χ1n) is 8.11. The molecule has 0 bridgehead atoms. The predicted molar refractivity (Wildman–Crippen MR) is 109 cm³/mol. The Kier molecular flexibility index (Phi) is 5.37. The van der Waals surface area contributed by atoms with Crippen LogP contribution in [0.25, 0.3) is 11.3 Å². The van der Waals surface area contributed by atoms with Gasteiger partial charge in [-0.15, -0.1) is 11.3 Å². The second kappa shape index (κ2) is 7.39. The van der Waals surface area contributed by atoms with E-state index in [1.807, 2.05) is 38.3 Å². The minimum absolute atomic E-state index is 0.0676. The van der Waals surface area contributed by atoms with Crippen LogP contribution in [-0.2, 0) is 10.0 Å². The molecule has 3 rings (SSSR count). The molecule has 0 amide bonds. The summed E-state index contributed by atoms with van der Waals surface area (Å²) >= 11 is 7.41. The highest BCUT2D eigenvalue weighted by Crippen LogP contribution is 2.31. The number of hydrogen-bond acceptors (Lipinski definition) is 4. The fourth-order valence-corrected chi connectivity index (χ4v) is 4.83. The van der Waals surface area contributed by atoms with Gasteiger partial charge in [0.25, 0.3) is 10.0 Å². The highest BCUT2D eigenvalue weighted by atomic mass is 35.5. The summed E-state index contributed by atoms with van der Waals surface area (Å²) in [5.74, 6) is 0.0676. The Bertz CT molecular complexity index is 1030. The molecular weight excluding hydrogens is 388 g/mol. The van der Waals surface area contributed by atoms with E-state index in [1.54, 1.807) is 30.3 Å². The van der Waals surface area contributed by atoms with Crippen LogP contribution in [0.4, 0.5) is 5.69 Å². The molecule has 0 aliphatic heterocycles. The van der Waals surface area contributed by atoms with E-state index in [9.17, 15) is 8.42 Å². The highest BCUT2D eigenvalue weighted by Gasteiger charge is 2.22. The van der Waals surface area contributed by atoms with E-state index in [0.717, 1.165) is 21.8 Å². The summed E-state index contributed by atoms with van der Waals surface area (Å²) in [6.07, 6.45) is 0. The third kappa shape index (κ3) is 4.09. The zero-order valence-electron chi connectivity index (χ0n) is 14.7. The Hall–Kier alpha value is -1.89. The maximum Gasteiger partial charge on any atom is 0.262 e. The number of aromatic nitrogens is 1. The highest BCUT2D eigenvalue weighted by molar-refractivity contribution is 7.92. The molecule has 26 heavy (non-hydrogen) atoms. The molecule has 136 valence electrons. The third-order valence-electron chi connectivity index (χ3n) is 3.94. The lowest BCUT2D eigenvalue weighted by Crippen LogP contribution is -2.15. The normalized spacial score (nSPS) is 11.7. The van der Waals surface area contributed by atoms with Crippen molar-refractivity contribution in [2.24, 2.45) is 0 Å². The van der Waals surface area contributed by atoms with E-state index >= 15 is 0 Å². The Labute approximate surface area is 162 Å². The van der Waals surface area contributed by atoms with Crippen LogP contribution in [0.15, 0.2) is 52.7 Å². The van der Waals surface area contributed by atoms with Gasteiger partial charge in [-0.25, -0.2) is 13.4 Å². The molecule has 0 radical (unpaired) electrons. The molecule has 0 saturated carbocycles. The summed E-state index contributed by atoms with van der Waals surface area (Å²) in [6, 6.07) is 12.1. The van der Waals surface area contributed by atoms with Crippen LogP contribution in [0.5, 0.6) is 0 Å². The average Bonchev–Trinajstić information content (AvgIpc) is 3.02. The molecule has 2 aromatic carbocycles. The number of aryl methyl sites for hydroxylation is 1. The fraction of sp³-hybridized carbons (Fsp3) is 0.211. The monoisotopic (exact) mass is 406 g/mol. The zero-order valence-corrected chi connectivity index (χ0v) is 17.0. The number of halogens is 1. The topological polar surface area (TPSA) is 59.1 Å². The summed E-state index contributed by atoms with van der Waals surface area (Å²) < 4.78 is 28.7. The van der Waals surface area contributed by atoms with Gasteiger partial charge in [0.2, 0.25) is 0 Å². The van der Waals surface area contributed by atoms with Gasteiger partial charge in [0, 0.05) is 21.7 Å². The largest absolute Gasteiger partial charge is 0.280 e. The number of benzene rings is 2. The summed E-state index contributed by atoms with van der Waals surface area (Å²) in [5.41, 5.74) is 2.81. The Morgan fingerprint density at radius 2 is 1.81 bits per heavy atom. The summed E-state index contributed by atoms with van der Waals surface area (Å²) in [7, 11) is -3.74. The first-order chi connectivity index (χ1) is 12.3. The molecule has 3 aromatic rings. The summed E-state index contributed by atoms with van der Waals surface area (Å²) in [4.78, 5) is 4.73. The Morgan fingerprint density at radius 3 is 2.38 bits per heavy atom. The van der Waals surface area contributed by atoms with Crippen molar-refractivity contribution in [1.82, 2.24) is 4.98 Å². The number of nitrogens with zero attached hydrogens (tertiary/aromatic N) is 1. The molecule has 1 N–H and O–H groups in total. The number of thiazole rings is 1. The number of rotatable bonds is 5. The van der Waals surface area contributed by atoms with Gasteiger partial charge in [-0.05, 0) is 48.7 Å². The number of anilines is 1. The van der Waals surface area contributed by atoms with Crippen molar-refractivity contribution in [1.29, 1.82) is 0 Å². The van der Waals surface area contributed by atoms with Crippen LogP contribution >= 0.6 is 22.9 Å². The predicted octanol–water partition coefficient (Wildman–Crippen LogP) is 5.70. The smallest absolute Gasteiger partial charge is 0.262 e. The maximum absolute atomic E-state index is 13.0. The van der Waals surface area contributed by atoms with Crippen molar-refractivity contribution >= 4 is 38.6 Å². The van der Waals surface area contributed by atoms with Crippen molar-refractivity contribution in [3.8, 4) is 11.3 Å². The Balaban J connectivity index is 2.06. The van der Waals surface area contributed by atoms with Crippen molar-refractivity contribution in [2.45, 2.75) is 31.6 Å². The SMILES string of the molecule is Cc1nc(-c2ccc(C(C)C)c(S(=O)(=O)Nc3ccc(Cl)cc3)c2)cs1. The standard InChI is InChI=1S/C19H19ClN2O2S2/c1-12(2)17-9-4-14(18-11-25-13(3)21-18)10-19(17)26(23,24)22-16-7-5-15(20)6-8-16/h4-12,22H,1-3H3. The summed E-state index contributed by atoms with van der Waals surface area (Å²) in [6.45, 7) is 5.88. The molecule has 1 aromatic heterocycles. The second-order valence-electron chi connectivity index (χ2n) is 6.27. The molecule has 0 unspecified atom stereocenters. The average molecular weight is 407 g/mol. The van der Waals surface area contributed by atoms with E-state index in [4.69, 9.17) is 11.6 Å². The number of nitrogens with one attached hydrogen (secondary N) is 1. The lowest BCUT2D eigenvalue weighted by atomic mass is 10.0. The minimum atomic E-state index is -3.74. The van der Waals surface area contributed by atoms with E-state index in [2.05, 4.69) is 9.71 Å². The van der Waals surface area contributed by atoms with Gasteiger partial charge in [0.1, 0.15) is 0 Å². The molecule has 0 saturated heterocycles. The van der Waals surface area contributed by atoms with E-state index < -0.39 is 10.0 Å². The van der Waals surface area contributed by atoms with Crippen molar-refractivity contribution in [2.75, 3.05) is 4.72 Å². The molecule has 1 heterocycles. The van der Waals surface area contributed by atoms with Crippen molar-refractivity contribution < 1.29 is 8.42 Å². The molecule has 0 fully saturated rings. The van der Waals surface area contributed by atoms with Gasteiger partial charge in [-0.1, -0.05) is 37.6 Å². The zero-order chi connectivity index (χ0) is 18.9. The van der Waals surface area contributed by atoms with Gasteiger partial charge < -0.3 is 0 Å². The number of hydrogen-bond donors (Lipinski definition) is 1. The lowest BCUT2D eigenvalue weighted by molar-refractivity contribution is 0.599. The molecule has 0 aliphatic rings. The van der Waals surface area contributed by atoms with E-state index in [1.165, 1.54) is 11.3 Å². The van der Waals surface area contributed by atoms with Gasteiger partial charge in [-0.3, -0.25) is 4.72 Å². The van der Waals surface area contributed by atoms with Crippen molar-refractivity contribution in [3.63, 3.8) is 0 Å². The molecule has 7 heteroatoms. The first kappa shape index (κ1) is 18.9. The van der Waals surface area contributed by atoms with Crippen LogP contribution in [0.2, 0.25) is 5.02 Å². The van der Waals surface area contributed by atoms with Crippen LogP contribution in [0, 0.1) is 6.92 Å². The third-order valence-corrected chi connectivity index (χ3v) is 6.40. The second-order valence-corrected chi connectivity index (χ2v) is 9.42. The lowest BCUT2D eigenvalue weighted by Gasteiger charge is -2.16. The summed E-state index contributed by atoms with van der Waals surface area (Å²) in [5, 5.41) is 3.43. The number of sulfonamides is 1. The van der Waals surface area contributed by atoms with Crippen molar-refractivity contribution in [3.05, 3.63) is 63.4 Å². The Morgan fingerprint density at radius 1 is 1.12 bits per heavy atom. The van der Waals surface area contributed by atoms with Gasteiger partial charge in [0.05, 0.1) is 15.6 Å². The molecule has 0 spiro atoms. The minimum Gasteiger partial charge on any atom is -0.280 e.